The Bertz CT molecular complexity index is 173. The van der Waals surface area contributed by atoms with Crippen LogP contribution in [0.25, 0.3) is 0 Å². The van der Waals surface area contributed by atoms with Gasteiger partial charge in [0.2, 0.25) is 5.78 Å². The average Bonchev–Trinajstić information content (AvgIpc) is 2.39. The third-order valence-electron chi connectivity index (χ3n) is 1.58. The van der Waals surface area contributed by atoms with Gasteiger partial charge in [-0.15, -0.1) is 0 Å². The molecule has 11 heavy (non-hydrogen) atoms. The number of nitrogens with one attached hydrogen (secondary N) is 1. The Morgan fingerprint density at radius 3 is 2.73 bits per heavy atom. The Kier molecular flexibility index (Phi) is 2.59. The molecule has 1 fully saturated rings. The Labute approximate surface area is 64.9 Å². The maximum atomic E-state index is 10.8. The standard InChI is InChI=1S/C7H11NO3/c1-5(9)7(10)8-6-2-3-11-4-6/h6H,2-4H2,1H3,(H,8,10)/t6-/m0/s1. The molecule has 62 valence electrons. The van der Waals surface area contributed by atoms with Crippen LogP contribution in [0.1, 0.15) is 13.3 Å². The smallest absolute Gasteiger partial charge is 0.287 e. The summed E-state index contributed by atoms with van der Waals surface area (Å²) < 4.78 is 5.01. The molecule has 1 atom stereocenters. The third kappa shape index (κ3) is 2.31. The molecule has 0 spiro atoms. The zero-order valence-corrected chi connectivity index (χ0v) is 6.42. The van der Waals surface area contributed by atoms with Gasteiger partial charge < -0.3 is 10.1 Å². The predicted octanol–water partition coefficient (Wildman–Crippen LogP) is -0.520. The summed E-state index contributed by atoms with van der Waals surface area (Å²) in [5.41, 5.74) is 0. The Morgan fingerprint density at radius 1 is 1.55 bits per heavy atom. The molecule has 0 unspecified atom stereocenters. The summed E-state index contributed by atoms with van der Waals surface area (Å²) in [6.45, 7) is 2.45. The third-order valence-corrected chi connectivity index (χ3v) is 1.58. The molecule has 1 heterocycles. The van der Waals surface area contributed by atoms with Crippen LogP contribution in [-0.2, 0) is 14.3 Å². The SMILES string of the molecule is CC(=O)C(=O)N[C@H]1CCOC1. The van der Waals surface area contributed by atoms with Gasteiger partial charge in [0.05, 0.1) is 12.6 Å². The molecule has 1 N–H and O–H groups in total. The van der Waals surface area contributed by atoms with E-state index in [-0.39, 0.29) is 6.04 Å². The molecule has 1 rings (SSSR count). The van der Waals surface area contributed by atoms with Crippen LogP contribution >= 0.6 is 0 Å². The van der Waals surface area contributed by atoms with Crippen molar-refractivity contribution in [3.8, 4) is 0 Å². The largest absolute Gasteiger partial charge is 0.379 e. The van der Waals surface area contributed by atoms with Crippen molar-refractivity contribution in [2.24, 2.45) is 0 Å². The van der Waals surface area contributed by atoms with E-state index in [1.807, 2.05) is 0 Å². The Morgan fingerprint density at radius 2 is 2.27 bits per heavy atom. The van der Waals surface area contributed by atoms with Crippen molar-refractivity contribution in [2.45, 2.75) is 19.4 Å². The molecule has 0 aliphatic carbocycles. The molecule has 0 aromatic carbocycles. The predicted molar refractivity (Wildman–Crippen MR) is 38.0 cm³/mol. The van der Waals surface area contributed by atoms with Gasteiger partial charge in [-0.2, -0.15) is 0 Å². The molecule has 1 saturated heterocycles. The van der Waals surface area contributed by atoms with E-state index in [1.54, 1.807) is 0 Å². The number of ketones is 1. The summed E-state index contributed by atoms with van der Waals surface area (Å²) in [6.07, 6.45) is 0.805. The first-order valence-electron chi connectivity index (χ1n) is 3.59. The summed E-state index contributed by atoms with van der Waals surface area (Å²) in [4.78, 5) is 21.3. The highest BCUT2D eigenvalue weighted by atomic mass is 16.5. The van der Waals surface area contributed by atoms with Crippen LogP contribution in [0, 0.1) is 0 Å². The first-order chi connectivity index (χ1) is 5.20. The monoisotopic (exact) mass is 157 g/mol. The van der Waals surface area contributed by atoms with E-state index in [0.29, 0.717) is 13.2 Å². The number of ether oxygens (including phenoxy) is 1. The van der Waals surface area contributed by atoms with Crippen LogP contribution in [0.3, 0.4) is 0 Å². The van der Waals surface area contributed by atoms with E-state index in [4.69, 9.17) is 4.74 Å². The van der Waals surface area contributed by atoms with Gasteiger partial charge in [0, 0.05) is 13.5 Å². The molecular formula is C7H11NO3. The van der Waals surface area contributed by atoms with Crippen LogP contribution in [0.5, 0.6) is 0 Å². The normalized spacial score (nSPS) is 23.2. The summed E-state index contributed by atoms with van der Waals surface area (Å²) >= 11 is 0. The van der Waals surface area contributed by atoms with E-state index < -0.39 is 11.7 Å². The molecule has 0 radical (unpaired) electrons. The van der Waals surface area contributed by atoms with Gasteiger partial charge >= 0.3 is 0 Å². The Hall–Kier alpha value is -0.900. The van der Waals surface area contributed by atoms with Crippen LogP contribution in [-0.4, -0.2) is 30.9 Å². The topological polar surface area (TPSA) is 55.4 Å². The van der Waals surface area contributed by atoms with Crippen molar-refractivity contribution in [1.82, 2.24) is 5.32 Å². The number of carbonyl (C=O) groups is 2. The summed E-state index contributed by atoms with van der Waals surface area (Å²) in [7, 11) is 0. The fraction of sp³-hybridized carbons (Fsp3) is 0.714. The number of Topliss-reactive ketones (excluding diaryl/α,β-unsaturated/α-hetero) is 1. The highest BCUT2D eigenvalue weighted by Crippen LogP contribution is 2.02. The number of hydrogen-bond donors (Lipinski definition) is 1. The van der Waals surface area contributed by atoms with Crippen molar-refractivity contribution >= 4 is 11.7 Å². The number of hydrogen-bond acceptors (Lipinski definition) is 3. The van der Waals surface area contributed by atoms with Gasteiger partial charge in [0.25, 0.3) is 5.91 Å². The number of amides is 1. The molecule has 0 aromatic rings. The molecule has 0 bridgehead atoms. The minimum absolute atomic E-state index is 0.0337. The maximum absolute atomic E-state index is 10.8. The first kappa shape index (κ1) is 8.20. The summed E-state index contributed by atoms with van der Waals surface area (Å²) in [5.74, 6) is -0.961. The molecule has 0 saturated carbocycles. The fourth-order valence-corrected chi connectivity index (χ4v) is 0.935. The van der Waals surface area contributed by atoms with Gasteiger partial charge in [0.1, 0.15) is 0 Å². The summed E-state index contributed by atoms with van der Waals surface area (Å²) in [6, 6.07) is 0.0337. The van der Waals surface area contributed by atoms with Gasteiger partial charge in [-0.05, 0) is 6.42 Å². The van der Waals surface area contributed by atoms with Crippen molar-refractivity contribution < 1.29 is 14.3 Å². The molecule has 1 aliphatic rings. The van der Waals surface area contributed by atoms with E-state index in [2.05, 4.69) is 5.32 Å². The van der Waals surface area contributed by atoms with Crippen LogP contribution in [0.4, 0.5) is 0 Å². The lowest BCUT2D eigenvalue weighted by Crippen LogP contribution is -2.38. The van der Waals surface area contributed by atoms with E-state index in [1.165, 1.54) is 6.92 Å². The minimum Gasteiger partial charge on any atom is -0.379 e. The minimum atomic E-state index is -0.513. The van der Waals surface area contributed by atoms with Crippen molar-refractivity contribution in [1.29, 1.82) is 0 Å². The van der Waals surface area contributed by atoms with Crippen LogP contribution in [0.2, 0.25) is 0 Å². The van der Waals surface area contributed by atoms with Crippen molar-refractivity contribution in [3.05, 3.63) is 0 Å². The van der Waals surface area contributed by atoms with Gasteiger partial charge in [0.15, 0.2) is 0 Å². The van der Waals surface area contributed by atoms with Crippen LogP contribution < -0.4 is 5.32 Å². The molecule has 1 aliphatic heterocycles. The molecular weight excluding hydrogens is 146 g/mol. The molecule has 4 heteroatoms. The second-order valence-electron chi connectivity index (χ2n) is 2.59. The average molecular weight is 157 g/mol. The van der Waals surface area contributed by atoms with Crippen molar-refractivity contribution in [3.63, 3.8) is 0 Å². The number of carbonyl (C=O) groups excluding carboxylic acids is 2. The highest BCUT2D eigenvalue weighted by molar-refractivity contribution is 6.35. The molecule has 1 amide bonds. The zero-order valence-electron chi connectivity index (χ0n) is 6.42. The molecule has 4 nitrogen and oxygen atoms in total. The fourth-order valence-electron chi connectivity index (χ4n) is 0.935. The summed E-state index contributed by atoms with van der Waals surface area (Å²) in [5, 5.41) is 2.56. The molecule has 0 aromatic heterocycles. The highest BCUT2D eigenvalue weighted by Gasteiger charge is 2.19. The lowest BCUT2D eigenvalue weighted by atomic mass is 10.2. The van der Waals surface area contributed by atoms with Gasteiger partial charge in [-0.3, -0.25) is 9.59 Å². The van der Waals surface area contributed by atoms with Gasteiger partial charge in [-0.1, -0.05) is 0 Å². The second kappa shape index (κ2) is 3.48. The number of rotatable bonds is 2. The Balaban J connectivity index is 2.29. The maximum Gasteiger partial charge on any atom is 0.287 e. The second-order valence-corrected chi connectivity index (χ2v) is 2.59. The zero-order chi connectivity index (χ0) is 8.27. The van der Waals surface area contributed by atoms with Crippen molar-refractivity contribution in [2.75, 3.05) is 13.2 Å². The van der Waals surface area contributed by atoms with Gasteiger partial charge in [-0.25, -0.2) is 0 Å². The van der Waals surface area contributed by atoms with Crippen LogP contribution in [0.15, 0.2) is 0 Å². The quantitative estimate of drug-likeness (QED) is 0.549. The van der Waals surface area contributed by atoms with E-state index in [0.717, 1.165) is 6.42 Å². The lowest BCUT2D eigenvalue weighted by Gasteiger charge is -2.07. The lowest BCUT2D eigenvalue weighted by molar-refractivity contribution is -0.137. The van der Waals surface area contributed by atoms with E-state index >= 15 is 0 Å². The first-order valence-corrected chi connectivity index (χ1v) is 3.59. The van der Waals surface area contributed by atoms with E-state index in [9.17, 15) is 9.59 Å².